The van der Waals surface area contributed by atoms with Crippen LogP contribution in [-0.2, 0) is 32.6 Å². The molecule has 0 unspecified atom stereocenters. The number of sulfonamides is 1. The zero-order chi connectivity index (χ0) is 35.7. The number of ether oxygens (including phenoxy) is 1. The summed E-state index contributed by atoms with van der Waals surface area (Å²) >= 11 is 1.48. The van der Waals surface area contributed by atoms with Gasteiger partial charge in [-0.15, -0.1) is 11.3 Å². The minimum atomic E-state index is -4.05. The van der Waals surface area contributed by atoms with Crippen molar-refractivity contribution in [3.05, 3.63) is 76.2 Å². The smallest absolute Gasteiger partial charge is 0.321 e. The monoisotopic (exact) mass is 714 g/mol. The van der Waals surface area contributed by atoms with E-state index in [1.54, 1.807) is 17.0 Å². The van der Waals surface area contributed by atoms with Gasteiger partial charge in [-0.1, -0.05) is 44.2 Å². The van der Waals surface area contributed by atoms with Crippen molar-refractivity contribution in [2.24, 2.45) is 5.92 Å². The minimum Gasteiger partial charge on any atom is -0.497 e. The highest BCUT2D eigenvalue weighted by Gasteiger charge is 2.40. The van der Waals surface area contributed by atoms with E-state index < -0.39 is 46.1 Å². The van der Waals surface area contributed by atoms with Crippen molar-refractivity contribution in [1.82, 2.24) is 29.7 Å². The van der Waals surface area contributed by atoms with Crippen molar-refractivity contribution < 1.29 is 32.6 Å². The summed E-state index contributed by atoms with van der Waals surface area (Å²) in [6, 6.07) is 12.7. The van der Waals surface area contributed by atoms with E-state index in [-0.39, 0.29) is 49.8 Å². The molecule has 1 aliphatic rings. The number of hydrogen-bond donors (Lipinski definition) is 3. The van der Waals surface area contributed by atoms with Crippen LogP contribution < -0.4 is 15.4 Å². The molecular weight excluding hydrogens is 669 g/mol. The van der Waals surface area contributed by atoms with Gasteiger partial charge in [-0.2, -0.15) is 4.31 Å². The Morgan fingerprint density at radius 1 is 1.08 bits per heavy atom. The molecule has 266 valence electrons. The molecule has 2 heterocycles. The van der Waals surface area contributed by atoms with Crippen molar-refractivity contribution >= 4 is 39.2 Å². The second-order valence-electron chi connectivity index (χ2n) is 12.4. The highest BCUT2D eigenvalue weighted by molar-refractivity contribution is 7.89. The molecule has 3 N–H and O–H groups in total. The number of aliphatic hydroxyl groups is 1. The van der Waals surface area contributed by atoms with E-state index in [0.717, 1.165) is 16.3 Å². The Labute approximate surface area is 292 Å². The molecule has 13 nitrogen and oxygen atoms in total. The lowest BCUT2D eigenvalue weighted by atomic mass is 9.99. The Balaban J connectivity index is 1.60. The number of benzene rings is 2. The van der Waals surface area contributed by atoms with Crippen molar-refractivity contribution in [2.45, 2.75) is 63.2 Å². The van der Waals surface area contributed by atoms with Crippen LogP contribution in [-0.4, -0.2) is 109 Å². The first-order valence-electron chi connectivity index (χ1n) is 16.2. The third kappa shape index (κ3) is 10.00. The third-order valence-electron chi connectivity index (χ3n) is 8.23. The Morgan fingerprint density at radius 3 is 2.37 bits per heavy atom. The number of methoxy groups -OCH3 is 1. The average Bonchev–Trinajstić information content (AvgIpc) is 3.66. The van der Waals surface area contributed by atoms with Crippen LogP contribution in [0.2, 0.25) is 0 Å². The largest absolute Gasteiger partial charge is 0.497 e. The molecule has 1 saturated heterocycles. The lowest BCUT2D eigenvalue weighted by Crippen LogP contribution is -2.57. The van der Waals surface area contributed by atoms with E-state index in [0.29, 0.717) is 12.3 Å². The molecule has 1 aromatic heterocycles. The lowest BCUT2D eigenvalue weighted by molar-refractivity contribution is -0.131. The number of nitrogens with zero attached hydrogens (tertiary/aromatic N) is 4. The maximum atomic E-state index is 14.1. The van der Waals surface area contributed by atoms with E-state index in [2.05, 4.69) is 15.6 Å². The Hall–Kier alpha value is -4.05. The summed E-state index contributed by atoms with van der Waals surface area (Å²) in [4.78, 5) is 47.7. The average molecular weight is 715 g/mol. The van der Waals surface area contributed by atoms with Gasteiger partial charge in [-0.05, 0) is 49.1 Å². The summed E-state index contributed by atoms with van der Waals surface area (Å²) < 4.78 is 34.1. The van der Waals surface area contributed by atoms with Gasteiger partial charge in [0.05, 0.1) is 47.8 Å². The van der Waals surface area contributed by atoms with Gasteiger partial charge in [0, 0.05) is 38.6 Å². The molecule has 0 saturated carbocycles. The summed E-state index contributed by atoms with van der Waals surface area (Å²) in [5, 5.41) is 19.9. The Bertz CT molecular complexity index is 1670. The first-order chi connectivity index (χ1) is 23.3. The molecule has 0 spiro atoms. The van der Waals surface area contributed by atoms with Crippen molar-refractivity contribution in [3.8, 4) is 5.75 Å². The number of carbonyl (C=O) groups is 3. The zero-order valence-electron chi connectivity index (χ0n) is 28.5. The van der Waals surface area contributed by atoms with Crippen LogP contribution in [0, 0.1) is 12.8 Å². The SMILES string of the molecule is CNC(=O)C[C@@H](C(=O)N[C@@H](Cc1ccccc1)[C@H](O)CN(CC(C)C)S(=O)(=O)c1ccc(OC)cc1)N1CCN(Cc2csc(C)n2)C1=O. The maximum Gasteiger partial charge on any atom is 0.321 e. The number of urea groups is 1. The minimum absolute atomic E-state index is 0.0420. The number of aromatic nitrogens is 1. The van der Waals surface area contributed by atoms with Gasteiger partial charge in [-0.25, -0.2) is 18.2 Å². The molecule has 0 radical (unpaired) electrons. The summed E-state index contributed by atoms with van der Waals surface area (Å²) in [6.45, 7) is 6.27. The highest BCUT2D eigenvalue weighted by atomic mass is 32.2. The Kier molecular flexibility index (Phi) is 13.1. The number of nitrogens with one attached hydrogen (secondary N) is 2. The van der Waals surface area contributed by atoms with Crippen molar-refractivity contribution in [2.75, 3.05) is 40.3 Å². The lowest BCUT2D eigenvalue weighted by Gasteiger charge is -2.33. The van der Waals surface area contributed by atoms with Gasteiger partial charge in [0.25, 0.3) is 0 Å². The van der Waals surface area contributed by atoms with E-state index in [4.69, 9.17) is 4.74 Å². The van der Waals surface area contributed by atoms with E-state index in [1.165, 1.54) is 46.8 Å². The molecular formula is C34H46N6O7S2. The quantitative estimate of drug-likeness (QED) is 0.192. The molecule has 4 amide bonds. The predicted molar refractivity (Wildman–Crippen MR) is 187 cm³/mol. The van der Waals surface area contributed by atoms with Crippen LogP contribution in [0.1, 0.15) is 36.5 Å². The summed E-state index contributed by atoms with van der Waals surface area (Å²) in [5.41, 5.74) is 1.54. The number of amides is 4. The van der Waals surface area contributed by atoms with E-state index >= 15 is 0 Å². The normalized spacial score (nSPS) is 15.4. The van der Waals surface area contributed by atoms with Gasteiger partial charge < -0.3 is 30.3 Å². The molecule has 4 rings (SSSR count). The highest BCUT2D eigenvalue weighted by Crippen LogP contribution is 2.23. The summed E-state index contributed by atoms with van der Waals surface area (Å²) in [7, 11) is -1.10. The second-order valence-corrected chi connectivity index (χ2v) is 15.4. The van der Waals surface area contributed by atoms with Gasteiger partial charge in [0.1, 0.15) is 11.8 Å². The van der Waals surface area contributed by atoms with Crippen LogP contribution in [0.3, 0.4) is 0 Å². The van der Waals surface area contributed by atoms with Crippen LogP contribution in [0.4, 0.5) is 4.79 Å². The molecule has 3 atom stereocenters. The fourth-order valence-corrected chi connectivity index (χ4v) is 7.90. The number of thiazole rings is 1. The van der Waals surface area contributed by atoms with Crippen LogP contribution in [0.15, 0.2) is 64.9 Å². The molecule has 0 bridgehead atoms. The maximum absolute atomic E-state index is 14.1. The predicted octanol–water partition coefficient (Wildman–Crippen LogP) is 2.64. The number of rotatable bonds is 17. The van der Waals surface area contributed by atoms with Gasteiger partial charge in [0.15, 0.2) is 0 Å². The third-order valence-corrected chi connectivity index (χ3v) is 10.9. The van der Waals surface area contributed by atoms with Gasteiger partial charge in [-0.3, -0.25) is 9.59 Å². The molecule has 49 heavy (non-hydrogen) atoms. The standard InChI is InChI=1S/C34H46N6O7S2/c1-23(2)19-39(49(45,46)28-13-11-27(47-5)12-14-28)21-31(41)29(17-25-9-7-6-8-10-25)37-33(43)30(18-32(42)35-4)40-16-15-38(34(40)44)20-26-22-48-24(3)36-26/h6-14,22-23,29-31,41H,15-21H2,1-5H3,(H,35,42)(H,37,43)/t29-,30-,31+/m0/s1. The molecule has 3 aromatic rings. The van der Waals surface area contributed by atoms with Crippen molar-refractivity contribution in [3.63, 3.8) is 0 Å². The number of carbonyl (C=O) groups excluding carboxylic acids is 3. The second kappa shape index (κ2) is 17.1. The molecule has 15 heteroatoms. The van der Waals surface area contributed by atoms with E-state index in [1.807, 2.05) is 56.5 Å². The van der Waals surface area contributed by atoms with Gasteiger partial charge in [0.2, 0.25) is 21.8 Å². The van der Waals surface area contributed by atoms with Crippen LogP contribution >= 0.6 is 11.3 Å². The fourth-order valence-electron chi connectivity index (χ4n) is 5.68. The first-order valence-corrected chi connectivity index (χ1v) is 18.5. The van der Waals surface area contributed by atoms with Crippen LogP contribution in [0.25, 0.3) is 0 Å². The Morgan fingerprint density at radius 2 is 1.78 bits per heavy atom. The van der Waals surface area contributed by atoms with Crippen molar-refractivity contribution in [1.29, 1.82) is 0 Å². The van der Waals surface area contributed by atoms with Gasteiger partial charge >= 0.3 is 6.03 Å². The number of aryl methyl sites for hydroxylation is 1. The number of hydrogen-bond acceptors (Lipinski definition) is 9. The fraction of sp³-hybridized carbons (Fsp3) is 0.471. The summed E-state index contributed by atoms with van der Waals surface area (Å²) in [5.74, 6) is -0.632. The van der Waals surface area contributed by atoms with E-state index in [9.17, 15) is 27.9 Å². The molecule has 1 fully saturated rings. The molecule has 2 aromatic carbocycles. The van der Waals surface area contributed by atoms with Crippen LogP contribution in [0.5, 0.6) is 5.75 Å². The zero-order valence-corrected chi connectivity index (χ0v) is 30.2. The topological polar surface area (TPSA) is 161 Å². The first kappa shape index (κ1) is 37.8. The molecule has 0 aliphatic carbocycles. The summed E-state index contributed by atoms with van der Waals surface area (Å²) in [6.07, 6.45) is -1.48. The molecule has 1 aliphatic heterocycles. The number of aliphatic hydroxyl groups excluding tert-OH is 1.